The van der Waals surface area contributed by atoms with Gasteiger partial charge in [0.25, 0.3) is 5.92 Å². The van der Waals surface area contributed by atoms with Crippen LogP contribution in [0.2, 0.25) is 0 Å². The van der Waals surface area contributed by atoms with Crippen LogP contribution in [-0.2, 0) is 0 Å². The number of aliphatic hydroxyl groups is 1. The van der Waals surface area contributed by atoms with Crippen molar-refractivity contribution in [3.05, 3.63) is 12.2 Å². The predicted octanol–water partition coefficient (Wildman–Crippen LogP) is 1.47. The highest BCUT2D eigenvalue weighted by molar-refractivity contribution is 5.08. The van der Waals surface area contributed by atoms with Gasteiger partial charge in [-0.3, -0.25) is 0 Å². The predicted molar refractivity (Wildman–Crippen MR) is 36.0 cm³/mol. The van der Waals surface area contributed by atoms with Crippen LogP contribution in [-0.4, -0.2) is 17.1 Å². The molecule has 0 fully saturated rings. The van der Waals surface area contributed by atoms with Crippen LogP contribution in [0.1, 0.15) is 13.3 Å². The Morgan fingerprint density at radius 1 is 1.82 bits per heavy atom. The van der Waals surface area contributed by atoms with Gasteiger partial charge in [-0.25, -0.2) is 0 Å². The fourth-order valence-electron chi connectivity index (χ4n) is 0.499. The van der Waals surface area contributed by atoms with E-state index in [1.54, 1.807) is 0 Å². The lowest BCUT2D eigenvalue weighted by atomic mass is 10.0. The van der Waals surface area contributed by atoms with E-state index in [-0.39, 0.29) is 0 Å². The molecule has 0 heterocycles. The molecule has 0 aliphatic heterocycles. The number of hydrogen-bond donors (Lipinski definition) is 1. The Morgan fingerprint density at radius 2 is 2.27 bits per heavy atom. The highest BCUT2D eigenvalue weighted by Gasteiger charge is 2.38. The molecule has 0 aromatic carbocycles. The molecule has 0 amide bonds. The summed E-state index contributed by atoms with van der Waals surface area (Å²) in [6.07, 6.45) is -2.52. The van der Waals surface area contributed by atoms with E-state index in [1.165, 1.54) is 6.07 Å². The fraction of sp³-hybridized carbons (Fsp3) is 0.571. The summed E-state index contributed by atoms with van der Waals surface area (Å²) in [7, 11) is 0. The molecule has 4 heteroatoms. The van der Waals surface area contributed by atoms with Gasteiger partial charge in [-0.2, -0.15) is 14.0 Å². The number of aliphatic hydroxyl groups excluding tert-OH is 1. The molecule has 1 atom stereocenters. The van der Waals surface area contributed by atoms with E-state index in [2.05, 4.69) is 6.58 Å². The number of alkyl halides is 2. The first-order chi connectivity index (χ1) is 4.92. The zero-order valence-corrected chi connectivity index (χ0v) is 6.14. The minimum atomic E-state index is -3.35. The summed E-state index contributed by atoms with van der Waals surface area (Å²) in [4.78, 5) is 0. The van der Waals surface area contributed by atoms with Crippen molar-refractivity contribution < 1.29 is 13.9 Å². The van der Waals surface area contributed by atoms with Crippen LogP contribution < -0.4 is 0 Å². The van der Waals surface area contributed by atoms with Crippen molar-refractivity contribution in [3.63, 3.8) is 0 Å². The van der Waals surface area contributed by atoms with Crippen molar-refractivity contribution in [1.29, 1.82) is 5.26 Å². The molecule has 0 bridgehead atoms. The molecule has 62 valence electrons. The van der Waals surface area contributed by atoms with Gasteiger partial charge >= 0.3 is 0 Å². The summed E-state index contributed by atoms with van der Waals surface area (Å²) in [6.45, 7) is 4.12. The van der Waals surface area contributed by atoms with E-state index in [0.29, 0.717) is 0 Å². The summed E-state index contributed by atoms with van der Waals surface area (Å²) in [5.41, 5.74) is -0.430. The van der Waals surface area contributed by atoms with Crippen molar-refractivity contribution in [2.75, 3.05) is 0 Å². The molecule has 0 spiro atoms. The van der Waals surface area contributed by atoms with Gasteiger partial charge in [-0.05, 0) is 12.5 Å². The van der Waals surface area contributed by atoms with Crippen LogP contribution in [0.5, 0.6) is 0 Å². The topological polar surface area (TPSA) is 44.0 Å². The van der Waals surface area contributed by atoms with Crippen LogP contribution in [0.4, 0.5) is 8.78 Å². The molecule has 1 N–H and O–H groups in total. The van der Waals surface area contributed by atoms with E-state index < -0.39 is 24.0 Å². The lowest BCUT2D eigenvalue weighted by molar-refractivity contribution is -0.0751. The quantitative estimate of drug-likeness (QED) is 0.637. The monoisotopic (exact) mass is 161 g/mol. The minimum absolute atomic E-state index is 0.430. The maximum atomic E-state index is 12.6. The van der Waals surface area contributed by atoms with E-state index in [4.69, 9.17) is 10.4 Å². The largest absolute Gasteiger partial charge is 0.385 e. The average molecular weight is 161 g/mol. The van der Waals surface area contributed by atoms with Crippen LogP contribution in [0.15, 0.2) is 12.2 Å². The summed E-state index contributed by atoms with van der Waals surface area (Å²) in [5, 5.41) is 16.7. The van der Waals surface area contributed by atoms with Gasteiger partial charge in [0, 0.05) is 0 Å². The molecule has 2 nitrogen and oxygen atoms in total. The third-order valence-electron chi connectivity index (χ3n) is 1.27. The Labute approximate surface area is 63.8 Å². The first-order valence-corrected chi connectivity index (χ1v) is 3.01. The fourth-order valence-corrected chi connectivity index (χ4v) is 0.499. The summed E-state index contributed by atoms with van der Waals surface area (Å²) in [6, 6.07) is 1.46. The van der Waals surface area contributed by atoms with E-state index >= 15 is 0 Å². The number of rotatable bonds is 3. The second-order valence-corrected chi connectivity index (χ2v) is 2.28. The molecular formula is C7H9F2NO. The molecule has 0 rings (SSSR count). The third kappa shape index (κ3) is 2.28. The number of nitriles is 1. The van der Waals surface area contributed by atoms with Gasteiger partial charge < -0.3 is 5.11 Å². The number of hydrogen-bond acceptors (Lipinski definition) is 2. The van der Waals surface area contributed by atoms with Gasteiger partial charge in [-0.1, -0.05) is 6.58 Å². The zero-order chi connectivity index (χ0) is 9.07. The third-order valence-corrected chi connectivity index (χ3v) is 1.27. The van der Waals surface area contributed by atoms with Crippen LogP contribution in [0, 0.1) is 11.3 Å². The second kappa shape index (κ2) is 3.44. The van der Waals surface area contributed by atoms with Gasteiger partial charge in [0.15, 0.2) is 0 Å². The standard InChI is InChI=1S/C7H9F2NO/c1-5(2)7(8,9)6(11)3-4-10/h6,11H,1,3H2,2H3. The Bertz CT molecular complexity index is 195. The Hall–Kier alpha value is -0.950. The Kier molecular flexibility index (Phi) is 3.15. The zero-order valence-electron chi connectivity index (χ0n) is 6.14. The maximum Gasteiger partial charge on any atom is 0.295 e. The molecular weight excluding hydrogens is 152 g/mol. The van der Waals surface area contributed by atoms with Crippen molar-refractivity contribution >= 4 is 0 Å². The Balaban J connectivity index is 4.31. The molecule has 0 saturated heterocycles. The average Bonchev–Trinajstić information content (AvgIpc) is 1.88. The summed E-state index contributed by atoms with van der Waals surface area (Å²) in [5.74, 6) is -3.35. The maximum absolute atomic E-state index is 12.6. The van der Waals surface area contributed by atoms with Crippen LogP contribution in [0.3, 0.4) is 0 Å². The molecule has 0 aliphatic carbocycles. The SMILES string of the molecule is C=C(C)C(F)(F)C(O)CC#N. The van der Waals surface area contributed by atoms with Crippen molar-refractivity contribution in [3.8, 4) is 6.07 Å². The molecule has 0 radical (unpaired) electrons. The summed E-state index contributed by atoms with van der Waals surface area (Å²) < 4.78 is 25.3. The molecule has 0 aromatic rings. The lowest BCUT2D eigenvalue weighted by Crippen LogP contribution is -2.33. The minimum Gasteiger partial charge on any atom is -0.385 e. The number of halogens is 2. The Morgan fingerprint density at radius 3 is 2.55 bits per heavy atom. The van der Waals surface area contributed by atoms with E-state index in [9.17, 15) is 8.78 Å². The van der Waals surface area contributed by atoms with Crippen LogP contribution in [0.25, 0.3) is 0 Å². The van der Waals surface area contributed by atoms with Crippen molar-refractivity contribution in [1.82, 2.24) is 0 Å². The normalized spacial score (nSPS) is 13.7. The smallest absolute Gasteiger partial charge is 0.295 e. The first-order valence-electron chi connectivity index (χ1n) is 3.01. The molecule has 1 unspecified atom stereocenters. The van der Waals surface area contributed by atoms with Gasteiger partial charge in [0.05, 0.1) is 12.5 Å². The second-order valence-electron chi connectivity index (χ2n) is 2.28. The van der Waals surface area contributed by atoms with Gasteiger partial charge in [0.2, 0.25) is 0 Å². The molecule has 0 saturated carbocycles. The first kappa shape index (κ1) is 10.0. The molecule has 0 aromatic heterocycles. The number of nitrogens with zero attached hydrogens (tertiary/aromatic N) is 1. The molecule has 11 heavy (non-hydrogen) atoms. The lowest BCUT2D eigenvalue weighted by Gasteiger charge is -2.20. The highest BCUT2D eigenvalue weighted by atomic mass is 19.3. The van der Waals surface area contributed by atoms with Crippen molar-refractivity contribution in [2.45, 2.75) is 25.4 Å². The van der Waals surface area contributed by atoms with E-state index in [1.807, 2.05) is 0 Å². The summed E-state index contributed by atoms with van der Waals surface area (Å²) >= 11 is 0. The van der Waals surface area contributed by atoms with Gasteiger partial charge in [-0.15, -0.1) is 0 Å². The van der Waals surface area contributed by atoms with E-state index in [0.717, 1.165) is 6.92 Å². The van der Waals surface area contributed by atoms with Crippen LogP contribution >= 0.6 is 0 Å². The van der Waals surface area contributed by atoms with Gasteiger partial charge in [0.1, 0.15) is 6.10 Å². The highest BCUT2D eigenvalue weighted by Crippen LogP contribution is 2.27. The van der Waals surface area contributed by atoms with Crippen molar-refractivity contribution in [2.24, 2.45) is 0 Å². The molecule has 0 aliphatic rings.